The first kappa shape index (κ1) is 10.9. The van der Waals surface area contributed by atoms with Crippen LogP contribution in [0.25, 0.3) is 0 Å². The van der Waals surface area contributed by atoms with E-state index in [1.165, 1.54) is 25.9 Å². The highest BCUT2D eigenvalue weighted by molar-refractivity contribution is 5.75. The second-order valence-electron chi connectivity index (χ2n) is 5.83. The molecule has 0 aromatic heterocycles. The third-order valence-corrected chi connectivity index (χ3v) is 3.47. The van der Waals surface area contributed by atoms with Crippen LogP contribution in [0.4, 0.5) is 0 Å². The molecule has 15 heavy (non-hydrogen) atoms. The number of rotatable bonds is 1. The summed E-state index contributed by atoms with van der Waals surface area (Å²) in [7, 11) is 0. The number of fused-ring (bicyclic) bond motifs is 3. The average Bonchev–Trinajstić information content (AvgIpc) is 2.18. The van der Waals surface area contributed by atoms with Gasteiger partial charge in [-0.2, -0.15) is 0 Å². The van der Waals surface area contributed by atoms with Crippen LogP contribution < -0.4 is 0 Å². The van der Waals surface area contributed by atoms with Crippen molar-refractivity contribution in [2.45, 2.75) is 39.7 Å². The standard InChI is InChI=1S/C12H21NO2/c1-12(2,3)11(14)15-10-8-13-6-4-9(10)5-7-13/h9-10H,4-8H2,1-3H3. The van der Waals surface area contributed by atoms with Crippen molar-refractivity contribution in [3.05, 3.63) is 0 Å². The molecule has 1 atom stereocenters. The molecule has 0 aromatic carbocycles. The van der Waals surface area contributed by atoms with Gasteiger partial charge >= 0.3 is 5.97 Å². The van der Waals surface area contributed by atoms with E-state index in [2.05, 4.69) is 4.90 Å². The van der Waals surface area contributed by atoms with Crippen molar-refractivity contribution in [1.29, 1.82) is 0 Å². The highest BCUT2D eigenvalue weighted by atomic mass is 16.5. The third-order valence-electron chi connectivity index (χ3n) is 3.47. The van der Waals surface area contributed by atoms with Crippen molar-refractivity contribution in [2.24, 2.45) is 11.3 Å². The summed E-state index contributed by atoms with van der Waals surface area (Å²) >= 11 is 0. The molecule has 0 aromatic rings. The lowest BCUT2D eigenvalue weighted by Gasteiger charge is -2.44. The van der Waals surface area contributed by atoms with E-state index >= 15 is 0 Å². The largest absolute Gasteiger partial charge is 0.460 e. The number of nitrogens with zero attached hydrogens (tertiary/aromatic N) is 1. The Bertz CT molecular complexity index is 249. The molecule has 86 valence electrons. The van der Waals surface area contributed by atoms with Crippen molar-refractivity contribution in [1.82, 2.24) is 4.90 Å². The molecule has 3 rings (SSSR count). The van der Waals surface area contributed by atoms with Gasteiger partial charge in [-0.25, -0.2) is 0 Å². The van der Waals surface area contributed by atoms with Gasteiger partial charge in [0.2, 0.25) is 0 Å². The van der Waals surface area contributed by atoms with Crippen LogP contribution in [0.5, 0.6) is 0 Å². The number of hydrogen-bond acceptors (Lipinski definition) is 3. The minimum absolute atomic E-state index is 0.0544. The van der Waals surface area contributed by atoms with Gasteiger partial charge in [0, 0.05) is 6.54 Å². The van der Waals surface area contributed by atoms with Gasteiger partial charge < -0.3 is 4.74 Å². The van der Waals surface area contributed by atoms with E-state index in [1.807, 2.05) is 20.8 Å². The maximum absolute atomic E-state index is 11.8. The first-order valence-electron chi connectivity index (χ1n) is 5.90. The highest BCUT2D eigenvalue weighted by Gasteiger charge is 2.38. The van der Waals surface area contributed by atoms with E-state index in [0.717, 1.165) is 6.54 Å². The molecule has 1 unspecified atom stereocenters. The van der Waals surface area contributed by atoms with Crippen molar-refractivity contribution >= 4 is 5.97 Å². The molecule has 3 saturated heterocycles. The Kier molecular flexibility index (Phi) is 2.75. The summed E-state index contributed by atoms with van der Waals surface area (Å²) in [5.74, 6) is 0.558. The zero-order valence-electron chi connectivity index (χ0n) is 9.95. The first-order valence-corrected chi connectivity index (χ1v) is 5.90. The van der Waals surface area contributed by atoms with Crippen LogP contribution in [0.3, 0.4) is 0 Å². The molecular formula is C12H21NO2. The molecule has 3 heteroatoms. The third kappa shape index (κ3) is 2.33. The smallest absolute Gasteiger partial charge is 0.311 e. The van der Waals surface area contributed by atoms with Gasteiger partial charge in [0.1, 0.15) is 6.10 Å². The molecule has 3 aliphatic rings. The Labute approximate surface area is 91.8 Å². The van der Waals surface area contributed by atoms with Crippen LogP contribution in [-0.2, 0) is 9.53 Å². The Hall–Kier alpha value is -0.570. The van der Waals surface area contributed by atoms with E-state index in [4.69, 9.17) is 4.74 Å². The number of carbonyl (C=O) groups is 1. The maximum Gasteiger partial charge on any atom is 0.311 e. The maximum atomic E-state index is 11.8. The summed E-state index contributed by atoms with van der Waals surface area (Å²) in [6, 6.07) is 0. The number of carbonyl (C=O) groups excluding carboxylic acids is 1. The summed E-state index contributed by atoms with van der Waals surface area (Å²) in [5.41, 5.74) is -0.369. The lowest BCUT2D eigenvalue weighted by molar-refractivity contribution is -0.168. The SMILES string of the molecule is CC(C)(C)C(=O)OC1CN2CCC1CC2. The molecule has 3 heterocycles. The predicted octanol–water partition coefficient (Wildman–Crippen LogP) is 1.67. The quantitative estimate of drug-likeness (QED) is 0.618. The highest BCUT2D eigenvalue weighted by Crippen LogP contribution is 2.31. The van der Waals surface area contributed by atoms with Crippen LogP contribution in [-0.4, -0.2) is 36.6 Å². The topological polar surface area (TPSA) is 29.5 Å². The fourth-order valence-corrected chi connectivity index (χ4v) is 2.36. The number of ether oxygens (including phenoxy) is 1. The zero-order valence-corrected chi connectivity index (χ0v) is 9.95. The van der Waals surface area contributed by atoms with Gasteiger partial charge in [-0.05, 0) is 52.6 Å². The van der Waals surface area contributed by atoms with Gasteiger partial charge in [0.15, 0.2) is 0 Å². The minimum Gasteiger partial charge on any atom is -0.460 e. The molecule has 3 aliphatic heterocycles. The summed E-state index contributed by atoms with van der Waals surface area (Å²) in [6.07, 6.45) is 2.55. The lowest BCUT2D eigenvalue weighted by atomic mass is 9.85. The number of piperidine rings is 3. The molecule has 0 N–H and O–H groups in total. The van der Waals surface area contributed by atoms with Crippen molar-refractivity contribution in [3.8, 4) is 0 Å². The summed E-state index contributed by atoms with van der Waals surface area (Å²) in [6.45, 7) is 9.07. The Balaban J connectivity index is 1.93. The fraction of sp³-hybridized carbons (Fsp3) is 0.917. The normalized spacial score (nSPS) is 35.3. The van der Waals surface area contributed by atoms with Crippen LogP contribution in [0.2, 0.25) is 0 Å². The predicted molar refractivity (Wildman–Crippen MR) is 58.5 cm³/mol. The molecule has 2 bridgehead atoms. The molecular weight excluding hydrogens is 190 g/mol. The van der Waals surface area contributed by atoms with Crippen molar-refractivity contribution in [3.63, 3.8) is 0 Å². The minimum atomic E-state index is -0.369. The van der Waals surface area contributed by atoms with Crippen molar-refractivity contribution < 1.29 is 9.53 Å². The van der Waals surface area contributed by atoms with E-state index in [-0.39, 0.29) is 17.5 Å². The summed E-state index contributed by atoms with van der Waals surface area (Å²) in [5, 5.41) is 0. The van der Waals surface area contributed by atoms with E-state index in [1.54, 1.807) is 0 Å². The van der Waals surface area contributed by atoms with E-state index < -0.39 is 0 Å². The summed E-state index contributed by atoms with van der Waals surface area (Å²) < 4.78 is 5.61. The number of esters is 1. The van der Waals surface area contributed by atoms with Gasteiger partial charge in [-0.3, -0.25) is 9.69 Å². The fourth-order valence-electron chi connectivity index (χ4n) is 2.36. The molecule has 0 aliphatic carbocycles. The van der Waals surface area contributed by atoms with Crippen LogP contribution in [0.1, 0.15) is 33.6 Å². The second kappa shape index (κ2) is 3.78. The van der Waals surface area contributed by atoms with Gasteiger partial charge in [0.05, 0.1) is 5.41 Å². The van der Waals surface area contributed by atoms with Gasteiger partial charge in [-0.1, -0.05) is 0 Å². The van der Waals surface area contributed by atoms with Crippen LogP contribution >= 0.6 is 0 Å². The van der Waals surface area contributed by atoms with Gasteiger partial charge in [0.25, 0.3) is 0 Å². The average molecular weight is 211 g/mol. The molecule has 3 nitrogen and oxygen atoms in total. The monoisotopic (exact) mass is 211 g/mol. The van der Waals surface area contributed by atoms with Gasteiger partial charge in [-0.15, -0.1) is 0 Å². The lowest BCUT2D eigenvalue weighted by Crippen LogP contribution is -2.52. The molecule has 0 spiro atoms. The Morgan fingerprint density at radius 1 is 1.27 bits per heavy atom. The van der Waals surface area contributed by atoms with E-state index in [9.17, 15) is 4.79 Å². The molecule has 0 radical (unpaired) electrons. The summed E-state index contributed by atoms with van der Waals surface area (Å²) in [4.78, 5) is 14.2. The first-order chi connectivity index (χ1) is 6.97. The molecule has 0 saturated carbocycles. The van der Waals surface area contributed by atoms with E-state index in [0.29, 0.717) is 5.92 Å². The zero-order chi connectivity index (χ0) is 11.1. The second-order valence-corrected chi connectivity index (χ2v) is 5.83. The number of hydrogen-bond donors (Lipinski definition) is 0. The van der Waals surface area contributed by atoms with Crippen LogP contribution in [0.15, 0.2) is 0 Å². The Morgan fingerprint density at radius 2 is 1.87 bits per heavy atom. The van der Waals surface area contributed by atoms with Crippen LogP contribution in [0, 0.1) is 11.3 Å². The molecule has 3 fully saturated rings. The van der Waals surface area contributed by atoms with Crippen molar-refractivity contribution in [2.75, 3.05) is 19.6 Å². The molecule has 0 amide bonds. The Morgan fingerprint density at radius 3 is 2.27 bits per heavy atom.